The van der Waals surface area contributed by atoms with Crippen LogP contribution in [0.5, 0.6) is 11.8 Å². The van der Waals surface area contributed by atoms with E-state index in [-0.39, 0.29) is 12.1 Å². The van der Waals surface area contributed by atoms with Crippen molar-refractivity contribution in [2.24, 2.45) is 5.41 Å². The van der Waals surface area contributed by atoms with Gasteiger partial charge in [-0.1, -0.05) is 13.8 Å². The van der Waals surface area contributed by atoms with Crippen LogP contribution in [-0.2, 0) is 0 Å². The number of ether oxygens (including phenoxy) is 2. The number of methoxy groups -OCH3 is 1. The molecule has 1 saturated carbocycles. The number of aromatic nitrogens is 2. The van der Waals surface area contributed by atoms with Gasteiger partial charge in [-0.15, -0.1) is 0 Å². The van der Waals surface area contributed by atoms with E-state index in [4.69, 9.17) is 15.2 Å². The Balaban J connectivity index is 2.00. The van der Waals surface area contributed by atoms with E-state index in [1.54, 1.807) is 13.2 Å². The first-order valence-corrected chi connectivity index (χ1v) is 6.34. The fourth-order valence-corrected chi connectivity index (χ4v) is 2.25. The van der Waals surface area contributed by atoms with Gasteiger partial charge in [0.25, 0.3) is 0 Å². The molecule has 0 atom stereocenters. The Morgan fingerprint density at radius 1 is 1.22 bits per heavy atom. The van der Waals surface area contributed by atoms with Crippen molar-refractivity contribution in [2.75, 3.05) is 12.8 Å². The lowest BCUT2D eigenvalue weighted by molar-refractivity contribution is 0.0946. The van der Waals surface area contributed by atoms with Crippen LogP contribution in [0.3, 0.4) is 0 Å². The summed E-state index contributed by atoms with van der Waals surface area (Å²) in [4.78, 5) is 8.01. The highest BCUT2D eigenvalue weighted by Gasteiger charge is 2.28. The number of nitrogen functional groups attached to an aromatic ring is 1. The molecule has 0 aromatic carbocycles. The van der Waals surface area contributed by atoms with E-state index in [2.05, 4.69) is 23.8 Å². The predicted molar refractivity (Wildman–Crippen MR) is 69.7 cm³/mol. The smallest absolute Gasteiger partial charge is 0.226 e. The molecule has 18 heavy (non-hydrogen) atoms. The molecule has 2 N–H and O–H groups in total. The van der Waals surface area contributed by atoms with Crippen molar-refractivity contribution >= 4 is 5.95 Å². The van der Waals surface area contributed by atoms with Crippen LogP contribution in [0, 0.1) is 5.41 Å². The summed E-state index contributed by atoms with van der Waals surface area (Å²) < 4.78 is 10.9. The zero-order chi connectivity index (χ0) is 13.2. The number of nitrogens with two attached hydrogens (primary N) is 1. The molecule has 100 valence electrons. The Labute approximate surface area is 108 Å². The summed E-state index contributed by atoms with van der Waals surface area (Å²) in [5, 5.41) is 0. The first-order valence-electron chi connectivity index (χ1n) is 6.34. The Hall–Kier alpha value is -1.52. The molecule has 1 aliphatic rings. The summed E-state index contributed by atoms with van der Waals surface area (Å²) in [6.07, 6.45) is 4.68. The standard InChI is InChI=1S/C13H21N3O2/c1-13(2)6-4-9(5-7-13)18-11-8-10(17-3)15-12(14)16-11/h8-9H,4-7H2,1-3H3,(H2,14,15,16). The predicted octanol–water partition coefficient (Wildman–Crippen LogP) is 2.42. The van der Waals surface area contributed by atoms with Crippen LogP contribution in [0.2, 0.25) is 0 Å². The second-order valence-electron chi connectivity index (χ2n) is 5.59. The fraction of sp³-hybridized carbons (Fsp3) is 0.692. The first kappa shape index (κ1) is 12.9. The maximum atomic E-state index is 5.86. The number of rotatable bonds is 3. The summed E-state index contributed by atoms with van der Waals surface area (Å²) in [5.74, 6) is 1.12. The topological polar surface area (TPSA) is 70.3 Å². The van der Waals surface area contributed by atoms with Gasteiger partial charge >= 0.3 is 0 Å². The third-order valence-electron chi connectivity index (χ3n) is 3.48. The van der Waals surface area contributed by atoms with E-state index in [9.17, 15) is 0 Å². The summed E-state index contributed by atoms with van der Waals surface area (Å²) >= 11 is 0. The van der Waals surface area contributed by atoms with Gasteiger partial charge in [-0.3, -0.25) is 0 Å². The van der Waals surface area contributed by atoms with E-state index >= 15 is 0 Å². The zero-order valence-corrected chi connectivity index (χ0v) is 11.3. The van der Waals surface area contributed by atoms with Crippen LogP contribution in [0.15, 0.2) is 6.07 Å². The average Bonchev–Trinajstić information content (AvgIpc) is 2.31. The van der Waals surface area contributed by atoms with Crippen molar-refractivity contribution in [3.05, 3.63) is 6.07 Å². The number of hydrogen-bond donors (Lipinski definition) is 1. The van der Waals surface area contributed by atoms with E-state index < -0.39 is 0 Å². The second-order valence-corrected chi connectivity index (χ2v) is 5.59. The van der Waals surface area contributed by atoms with Crippen LogP contribution in [0.1, 0.15) is 39.5 Å². The van der Waals surface area contributed by atoms with Gasteiger partial charge in [-0.05, 0) is 31.1 Å². The molecule has 0 unspecified atom stereocenters. The van der Waals surface area contributed by atoms with E-state index in [0.717, 1.165) is 12.8 Å². The van der Waals surface area contributed by atoms with Crippen LogP contribution in [0.4, 0.5) is 5.95 Å². The molecule has 5 nitrogen and oxygen atoms in total. The number of hydrogen-bond acceptors (Lipinski definition) is 5. The molecule has 2 rings (SSSR count). The average molecular weight is 251 g/mol. The molecule has 0 radical (unpaired) electrons. The van der Waals surface area contributed by atoms with Crippen molar-refractivity contribution in [1.82, 2.24) is 9.97 Å². The minimum absolute atomic E-state index is 0.181. The van der Waals surface area contributed by atoms with Crippen molar-refractivity contribution in [2.45, 2.75) is 45.6 Å². The van der Waals surface area contributed by atoms with Gasteiger partial charge in [0.1, 0.15) is 6.10 Å². The van der Waals surface area contributed by atoms with Crippen molar-refractivity contribution in [1.29, 1.82) is 0 Å². The Morgan fingerprint density at radius 3 is 2.44 bits per heavy atom. The first-order chi connectivity index (χ1) is 8.48. The normalized spacial score (nSPS) is 19.5. The molecule has 0 bridgehead atoms. The second kappa shape index (κ2) is 5.00. The van der Waals surface area contributed by atoms with Crippen LogP contribution in [-0.4, -0.2) is 23.2 Å². The largest absolute Gasteiger partial charge is 0.481 e. The lowest BCUT2D eigenvalue weighted by Crippen LogP contribution is -2.28. The molecule has 5 heteroatoms. The van der Waals surface area contributed by atoms with Crippen LogP contribution >= 0.6 is 0 Å². The molecule has 1 aromatic rings. The van der Waals surface area contributed by atoms with E-state index in [1.165, 1.54) is 12.8 Å². The molecule has 1 aromatic heterocycles. The van der Waals surface area contributed by atoms with Gasteiger partial charge in [-0.25, -0.2) is 0 Å². The molecule has 1 fully saturated rings. The fourth-order valence-electron chi connectivity index (χ4n) is 2.25. The van der Waals surface area contributed by atoms with Gasteiger partial charge < -0.3 is 15.2 Å². The summed E-state index contributed by atoms with van der Waals surface area (Å²) in [5.41, 5.74) is 6.03. The minimum atomic E-state index is 0.181. The highest BCUT2D eigenvalue weighted by Crippen LogP contribution is 2.36. The number of anilines is 1. The maximum Gasteiger partial charge on any atom is 0.226 e. The van der Waals surface area contributed by atoms with Gasteiger partial charge in [0, 0.05) is 0 Å². The zero-order valence-electron chi connectivity index (χ0n) is 11.3. The van der Waals surface area contributed by atoms with Crippen LogP contribution in [0.25, 0.3) is 0 Å². The third-order valence-corrected chi connectivity index (χ3v) is 3.48. The van der Waals surface area contributed by atoms with Crippen molar-refractivity contribution < 1.29 is 9.47 Å². The maximum absolute atomic E-state index is 5.86. The number of nitrogens with zero attached hydrogens (tertiary/aromatic N) is 2. The van der Waals surface area contributed by atoms with E-state index in [0.29, 0.717) is 17.2 Å². The molecule has 0 spiro atoms. The van der Waals surface area contributed by atoms with Gasteiger partial charge in [-0.2, -0.15) is 9.97 Å². The lowest BCUT2D eigenvalue weighted by Gasteiger charge is -2.34. The molecule has 0 amide bonds. The quantitative estimate of drug-likeness (QED) is 0.893. The molecule has 1 aliphatic carbocycles. The summed E-state index contributed by atoms with van der Waals surface area (Å²) in [6, 6.07) is 1.68. The Morgan fingerprint density at radius 2 is 1.83 bits per heavy atom. The SMILES string of the molecule is COc1cc(OC2CCC(C)(C)CC2)nc(N)n1. The molecular formula is C13H21N3O2. The molecule has 0 saturated heterocycles. The Bertz CT molecular complexity index is 411. The van der Waals surface area contributed by atoms with Gasteiger partial charge in [0.15, 0.2) is 0 Å². The molecule has 0 aliphatic heterocycles. The highest BCUT2D eigenvalue weighted by atomic mass is 16.5. The third kappa shape index (κ3) is 3.24. The van der Waals surface area contributed by atoms with Gasteiger partial charge in [0.2, 0.25) is 17.7 Å². The minimum Gasteiger partial charge on any atom is -0.481 e. The summed E-state index contributed by atoms with van der Waals surface area (Å²) in [7, 11) is 1.55. The Kier molecular flexibility index (Phi) is 3.59. The van der Waals surface area contributed by atoms with E-state index in [1.807, 2.05) is 0 Å². The summed E-state index contributed by atoms with van der Waals surface area (Å²) in [6.45, 7) is 4.60. The van der Waals surface area contributed by atoms with Crippen molar-refractivity contribution in [3.63, 3.8) is 0 Å². The highest BCUT2D eigenvalue weighted by molar-refractivity contribution is 5.29. The van der Waals surface area contributed by atoms with Crippen molar-refractivity contribution in [3.8, 4) is 11.8 Å². The molecular weight excluding hydrogens is 230 g/mol. The van der Waals surface area contributed by atoms with Gasteiger partial charge in [0.05, 0.1) is 13.2 Å². The van der Waals surface area contributed by atoms with Crippen LogP contribution < -0.4 is 15.2 Å². The lowest BCUT2D eigenvalue weighted by atomic mass is 9.76. The molecule has 1 heterocycles. The monoisotopic (exact) mass is 251 g/mol.